The molecule has 2 aromatic rings. The maximum atomic E-state index is 11.9. The Morgan fingerprint density at radius 2 is 1.95 bits per heavy atom. The predicted octanol–water partition coefficient (Wildman–Crippen LogP) is 2.88. The van der Waals surface area contributed by atoms with Crippen LogP contribution in [0.1, 0.15) is 25.3 Å². The fourth-order valence-electron chi connectivity index (χ4n) is 2.09. The van der Waals surface area contributed by atoms with Crippen LogP contribution in [0.2, 0.25) is 0 Å². The van der Waals surface area contributed by atoms with Gasteiger partial charge >= 0.3 is 4.87 Å². The summed E-state index contributed by atoms with van der Waals surface area (Å²) in [5, 5.41) is 1.95. The van der Waals surface area contributed by atoms with Crippen molar-refractivity contribution in [2.75, 3.05) is 6.54 Å². The number of thiazole rings is 1. The van der Waals surface area contributed by atoms with Crippen LogP contribution in [0.15, 0.2) is 34.4 Å². The first-order valence-electron chi connectivity index (χ1n) is 6.74. The van der Waals surface area contributed by atoms with Gasteiger partial charge in [0.05, 0.1) is 5.69 Å². The molecule has 4 heteroatoms. The van der Waals surface area contributed by atoms with Crippen LogP contribution in [0.3, 0.4) is 0 Å². The van der Waals surface area contributed by atoms with Crippen LogP contribution in [-0.4, -0.2) is 11.1 Å². The van der Waals surface area contributed by atoms with E-state index in [1.165, 1.54) is 16.9 Å². The number of nitrogens with two attached hydrogens (primary N) is 1. The molecule has 0 atom stereocenters. The molecule has 0 aliphatic heterocycles. The molecule has 0 bridgehead atoms. The molecule has 0 saturated carbocycles. The van der Waals surface area contributed by atoms with Gasteiger partial charge in [0.25, 0.3) is 0 Å². The Hall–Kier alpha value is -1.39. The van der Waals surface area contributed by atoms with Crippen molar-refractivity contribution in [1.29, 1.82) is 0 Å². The van der Waals surface area contributed by atoms with Crippen LogP contribution >= 0.6 is 11.3 Å². The smallest absolute Gasteiger partial charge is 0.307 e. The molecule has 2 N–H and O–H groups in total. The first kappa shape index (κ1) is 14.0. The SMILES string of the molecule is CCc1ccc(-c2csc(=O)n2CCCCN)cc1. The molecule has 1 aromatic heterocycles. The number of rotatable bonds is 6. The van der Waals surface area contributed by atoms with Crippen molar-refractivity contribution in [3.05, 3.63) is 44.9 Å². The summed E-state index contributed by atoms with van der Waals surface area (Å²) < 4.78 is 1.86. The van der Waals surface area contributed by atoms with E-state index in [9.17, 15) is 4.79 Å². The molecule has 0 radical (unpaired) electrons. The molecule has 0 unspecified atom stereocenters. The van der Waals surface area contributed by atoms with Gasteiger partial charge in [0.1, 0.15) is 0 Å². The second kappa shape index (κ2) is 6.68. The molecule has 0 amide bonds. The largest absolute Gasteiger partial charge is 0.330 e. The minimum atomic E-state index is 0.117. The van der Waals surface area contributed by atoms with E-state index in [0.29, 0.717) is 6.54 Å². The molecule has 102 valence electrons. The molecular formula is C15H20N2OS. The molecule has 0 fully saturated rings. The number of nitrogens with zero attached hydrogens (tertiary/aromatic N) is 1. The van der Waals surface area contributed by atoms with Gasteiger partial charge in [0, 0.05) is 11.9 Å². The summed E-state index contributed by atoms with van der Waals surface area (Å²) in [4.78, 5) is 12.0. The zero-order valence-corrected chi connectivity index (χ0v) is 12.1. The minimum absolute atomic E-state index is 0.117. The highest BCUT2D eigenvalue weighted by Crippen LogP contribution is 2.21. The van der Waals surface area contributed by atoms with E-state index >= 15 is 0 Å². The van der Waals surface area contributed by atoms with Gasteiger partial charge in [-0.2, -0.15) is 0 Å². The fraction of sp³-hybridized carbons (Fsp3) is 0.400. The van der Waals surface area contributed by atoms with Crippen molar-refractivity contribution < 1.29 is 0 Å². The zero-order chi connectivity index (χ0) is 13.7. The maximum absolute atomic E-state index is 11.9. The van der Waals surface area contributed by atoms with Gasteiger partial charge in [-0.15, -0.1) is 0 Å². The van der Waals surface area contributed by atoms with E-state index in [1.54, 1.807) is 0 Å². The third-order valence-electron chi connectivity index (χ3n) is 3.28. The summed E-state index contributed by atoms with van der Waals surface area (Å²) in [6.45, 7) is 3.58. The monoisotopic (exact) mass is 276 g/mol. The highest BCUT2D eigenvalue weighted by molar-refractivity contribution is 7.07. The standard InChI is InChI=1S/C15H20N2OS/c1-2-12-5-7-13(8-6-12)14-11-19-15(18)17(14)10-4-3-9-16/h5-8,11H,2-4,9-10,16H2,1H3. The normalized spacial score (nSPS) is 10.8. The van der Waals surface area contributed by atoms with Crippen molar-refractivity contribution in [3.63, 3.8) is 0 Å². The number of aryl methyl sites for hydroxylation is 1. The summed E-state index contributed by atoms with van der Waals surface area (Å²) in [6.07, 6.45) is 2.94. The van der Waals surface area contributed by atoms with Crippen LogP contribution in [0, 0.1) is 0 Å². The molecule has 19 heavy (non-hydrogen) atoms. The van der Waals surface area contributed by atoms with Crippen molar-refractivity contribution >= 4 is 11.3 Å². The number of hydrogen-bond donors (Lipinski definition) is 1. The van der Waals surface area contributed by atoms with E-state index in [2.05, 4.69) is 31.2 Å². The van der Waals surface area contributed by atoms with E-state index in [-0.39, 0.29) is 4.87 Å². The van der Waals surface area contributed by atoms with Crippen LogP contribution in [0.4, 0.5) is 0 Å². The average Bonchev–Trinajstić information content (AvgIpc) is 2.81. The highest BCUT2D eigenvalue weighted by Gasteiger charge is 2.08. The first-order chi connectivity index (χ1) is 9.26. The summed E-state index contributed by atoms with van der Waals surface area (Å²) in [5.74, 6) is 0. The van der Waals surface area contributed by atoms with Crippen molar-refractivity contribution in [2.45, 2.75) is 32.7 Å². The van der Waals surface area contributed by atoms with Crippen molar-refractivity contribution in [3.8, 4) is 11.3 Å². The first-order valence-corrected chi connectivity index (χ1v) is 7.62. The molecule has 0 aliphatic rings. The van der Waals surface area contributed by atoms with Crippen LogP contribution < -0.4 is 10.6 Å². The lowest BCUT2D eigenvalue weighted by Gasteiger charge is -2.08. The van der Waals surface area contributed by atoms with Crippen molar-refractivity contribution in [2.24, 2.45) is 5.73 Å². The Kier molecular flexibility index (Phi) is 4.93. The molecule has 0 saturated heterocycles. The van der Waals surface area contributed by atoms with Crippen LogP contribution in [0.25, 0.3) is 11.3 Å². The molecular weight excluding hydrogens is 256 g/mol. The summed E-state index contributed by atoms with van der Waals surface area (Å²) in [6, 6.07) is 8.45. The number of hydrogen-bond acceptors (Lipinski definition) is 3. The van der Waals surface area contributed by atoms with Gasteiger partial charge in [-0.1, -0.05) is 42.5 Å². The summed E-state index contributed by atoms with van der Waals surface area (Å²) in [7, 11) is 0. The molecule has 2 rings (SSSR count). The molecule has 1 heterocycles. The Labute approximate surface area is 117 Å². The van der Waals surface area contributed by atoms with Gasteiger partial charge in [-0.25, -0.2) is 0 Å². The lowest BCUT2D eigenvalue weighted by molar-refractivity contribution is 0.613. The van der Waals surface area contributed by atoms with Gasteiger partial charge in [-0.05, 0) is 36.9 Å². The van der Waals surface area contributed by atoms with Gasteiger partial charge < -0.3 is 5.73 Å². The summed E-state index contributed by atoms with van der Waals surface area (Å²) in [5.41, 5.74) is 8.96. The highest BCUT2D eigenvalue weighted by atomic mass is 32.1. The van der Waals surface area contributed by atoms with E-state index in [1.807, 2.05) is 9.95 Å². The van der Waals surface area contributed by atoms with E-state index in [0.717, 1.165) is 37.1 Å². The molecule has 0 aliphatic carbocycles. The Morgan fingerprint density at radius 3 is 2.58 bits per heavy atom. The zero-order valence-electron chi connectivity index (χ0n) is 11.3. The van der Waals surface area contributed by atoms with Gasteiger partial charge in [0.15, 0.2) is 0 Å². The van der Waals surface area contributed by atoms with Crippen LogP contribution in [-0.2, 0) is 13.0 Å². The second-order valence-electron chi connectivity index (χ2n) is 4.58. The van der Waals surface area contributed by atoms with Gasteiger partial charge in [-0.3, -0.25) is 9.36 Å². The quantitative estimate of drug-likeness (QED) is 0.825. The Bertz CT molecular complexity index is 569. The molecule has 3 nitrogen and oxygen atoms in total. The maximum Gasteiger partial charge on any atom is 0.307 e. The van der Waals surface area contributed by atoms with E-state index < -0.39 is 0 Å². The average molecular weight is 276 g/mol. The molecule has 0 spiro atoms. The second-order valence-corrected chi connectivity index (χ2v) is 5.41. The van der Waals surface area contributed by atoms with Crippen molar-refractivity contribution in [1.82, 2.24) is 4.57 Å². The number of benzene rings is 1. The minimum Gasteiger partial charge on any atom is -0.330 e. The lowest BCUT2D eigenvalue weighted by Crippen LogP contribution is -2.15. The summed E-state index contributed by atoms with van der Waals surface area (Å²) >= 11 is 1.27. The predicted molar refractivity (Wildman–Crippen MR) is 81.7 cm³/mol. The lowest BCUT2D eigenvalue weighted by atomic mass is 10.1. The van der Waals surface area contributed by atoms with Gasteiger partial charge in [0.2, 0.25) is 0 Å². The number of unbranched alkanes of at least 4 members (excludes halogenated alkanes) is 1. The molecule has 1 aromatic carbocycles. The fourth-order valence-corrected chi connectivity index (χ4v) is 2.89. The third-order valence-corrected chi connectivity index (χ3v) is 4.04. The van der Waals surface area contributed by atoms with E-state index in [4.69, 9.17) is 5.73 Å². The number of aromatic nitrogens is 1. The van der Waals surface area contributed by atoms with Crippen LogP contribution in [0.5, 0.6) is 0 Å². The topological polar surface area (TPSA) is 48.0 Å². The third kappa shape index (κ3) is 3.33. The Morgan fingerprint density at radius 1 is 1.21 bits per heavy atom. The Balaban J connectivity index is 2.25.